The lowest BCUT2D eigenvalue weighted by Gasteiger charge is -2.31. The maximum absolute atomic E-state index is 12.8. The van der Waals surface area contributed by atoms with Crippen LogP contribution in [0.15, 0.2) is 18.5 Å². The molecule has 37 heavy (non-hydrogen) atoms. The zero-order chi connectivity index (χ0) is 27.7. The van der Waals surface area contributed by atoms with E-state index in [1.165, 1.54) is 10.8 Å². The van der Waals surface area contributed by atoms with Gasteiger partial charge >= 0.3 is 18.1 Å². The van der Waals surface area contributed by atoms with Crippen LogP contribution in [0.3, 0.4) is 0 Å². The van der Waals surface area contributed by atoms with Crippen LogP contribution in [-0.4, -0.2) is 63.2 Å². The summed E-state index contributed by atoms with van der Waals surface area (Å²) < 4.78 is 30.2. The summed E-state index contributed by atoms with van der Waals surface area (Å²) in [6.07, 6.45) is -2.82. The van der Waals surface area contributed by atoms with Gasteiger partial charge in [-0.2, -0.15) is 5.10 Å². The van der Waals surface area contributed by atoms with Crippen LogP contribution in [0.5, 0.6) is 0 Å². The van der Waals surface area contributed by atoms with Crippen molar-refractivity contribution in [1.29, 1.82) is 0 Å². The molecule has 0 saturated carbocycles. The fourth-order valence-electron chi connectivity index (χ4n) is 3.90. The van der Waals surface area contributed by atoms with Gasteiger partial charge in [0, 0.05) is 0 Å². The second-order valence-corrected chi connectivity index (χ2v) is 10.8. The minimum Gasteiger partial charge on any atom is -0.455 e. The molecule has 1 aliphatic heterocycles. The van der Waals surface area contributed by atoms with Crippen molar-refractivity contribution in [3.8, 4) is 0 Å². The Kier molecular flexibility index (Phi) is 8.01. The second-order valence-electron chi connectivity index (χ2n) is 10.8. The largest absolute Gasteiger partial charge is 0.508 e. The molecule has 204 valence electrons. The molecule has 0 bridgehead atoms. The highest BCUT2D eigenvalue weighted by atomic mass is 16.7. The number of carbonyl (C=O) groups is 3. The van der Waals surface area contributed by atoms with Gasteiger partial charge in [0.15, 0.2) is 18.0 Å². The van der Waals surface area contributed by atoms with E-state index >= 15 is 0 Å². The lowest BCUT2D eigenvalue weighted by atomic mass is 9.92. The molecule has 3 heterocycles. The quantitative estimate of drug-likeness (QED) is 0.423. The molecule has 2 aromatic heterocycles. The normalized spacial score (nSPS) is 23.9. The minimum atomic E-state index is -1.37. The molecular weight excluding hydrogens is 484 g/mol. The molecule has 12 nitrogen and oxygen atoms in total. The van der Waals surface area contributed by atoms with Gasteiger partial charge < -0.3 is 29.4 Å². The monoisotopic (exact) mass is 520 g/mol. The number of hydrogen-bond acceptors (Lipinski definition) is 11. The Morgan fingerprint density at radius 2 is 1.73 bits per heavy atom. The van der Waals surface area contributed by atoms with Gasteiger partial charge in [-0.15, -0.1) is 0 Å². The standard InChI is InChI=1S/C25H36N4O8/c1-13(2)21(30)34-18-16(11-33-23(32)37-24(5,6)7)36-25(8,19(18)35-22(31)14(3)4)17-10-9-15-20(26)27-12-28-29(15)17/h9-10,12-14,16,18-19H,11H2,1-8H3,(H2,26,27,28)/t16-,18-,19-,25+/m1/s1. The van der Waals surface area contributed by atoms with Gasteiger partial charge in [-0.1, -0.05) is 27.7 Å². The predicted octanol–water partition coefficient (Wildman–Crippen LogP) is 3.01. The molecule has 0 radical (unpaired) electrons. The van der Waals surface area contributed by atoms with Crippen molar-refractivity contribution in [2.24, 2.45) is 11.8 Å². The number of nitrogens with zero attached hydrogens (tertiary/aromatic N) is 3. The molecule has 0 aliphatic carbocycles. The molecule has 1 saturated heterocycles. The second kappa shape index (κ2) is 10.5. The first-order chi connectivity index (χ1) is 17.1. The lowest BCUT2D eigenvalue weighted by Crippen LogP contribution is -2.46. The predicted molar refractivity (Wildman–Crippen MR) is 131 cm³/mol. The van der Waals surface area contributed by atoms with Crippen LogP contribution in [0.4, 0.5) is 10.6 Å². The third-order valence-corrected chi connectivity index (χ3v) is 5.79. The van der Waals surface area contributed by atoms with Crippen molar-refractivity contribution in [2.75, 3.05) is 12.3 Å². The fraction of sp³-hybridized carbons (Fsp3) is 0.640. The molecule has 0 amide bonds. The van der Waals surface area contributed by atoms with Gasteiger partial charge in [0.05, 0.1) is 17.5 Å². The number of esters is 2. The molecule has 1 fully saturated rings. The van der Waals surface area contributed by atoms with Gasteiger partial charge in [0.2, 0.25) is 0 Å². The Morgan fingerprint density at radius 3 is 2.32 bits per heavy atom. The third-order valence-electron chi connectivity index (χ3n) is 5.79. The van der Waals surface area contributed by atoms with Gasteiger partial charge in [-0.3, -0.25) is 9.59 Å². The number of fused-ring (bicyclic) bond motifs is 1. The highest BCUT2D eigenvalue weighted by molar-refractivity contribution is 5.73. The van der Waals surface area contributed by atoms with Crippen molar-refractivity contribution in [3.05, 3.63) is 24.2 Å². The van der Waals surface area contributed by atoms with E-state index in [2.05, 4.69) is 10.1 Å². The van der Waals surface area contributed by atoms with Crippen molar-refractivity contribution in [3.63, 3.8) is 0 Å². The van der Waals surface area contributed by atoms with Gasteiger partial charge in [0.25, 0.3) is 0 Å². The van der Waals surface area contributed by atoms with E-state index in [9.17, 15) is 14.4 Å². The summed E-state index contributed by atoms with van der Waals surface area (Å²) in [5.74, 6) is -1.75. The maximum atomic E-state index is 12.8. The topological polar surface area (TPSA) is 154 Å². The van der Waals surface area contributed by atoms with Crippen LogP contribution in [0.1, 0.15) is 61.1 Å². The number of carbonyl (C=O) groups excluding carboxylic acids is 3. The van der Waals surface area contributed by atoms with Crippen molar-refractivity contribution >= 4 is 29.4 Å². The van der Waals surface area contributed by atoms with E-state index in [-0.39, 0.29) is 12.4 Å². The molecule has 3 rings (SSSR count). The molecule has 2 aromatic rings. The molecular formula is C25H36N4O8. The van der Waals surface area contributed by atoms with Crippen LogP contribution in [0.2, 0.25) is 0 Å². The SMILES string of the molecule is CC(C)C(=O)O[C@H]1[C@@H](OC(=O)C(C)C)[C@](C)(c2ccc3c(N)ncnn23)O[C@@H]1COC(=O)OC(C)(C)C. The number of nitrogen functional groups attached to an aromatic ring is 1. The zero-order valence-corrected chi connectivity index (χ0v) is 22.5. The highest BCUT2D eigenvalue weighted by Gasteiger charge is 2.59. The Balaban J connectivity index is 2.05. The summed E-state index contributed by atoms with van der Waals surface area (Å²) >= 11 is 0. The summed E-state index contributed by atoms with van der Waals surface area (Å²) in [4.78, 5) is 41.8. The van der Waals surface area contributed by atoms with E-state index in [4.69, 9.17) is 29.4 Å². The summed E-state index contributed by atoms with van der Waals surface area (Å²) in [6, 6.07) is 3.43. The van der Waals surface area contributed by atoms with E-state index in [0.29, 0.717) is 11.2 Å². The number of anilines is 1. The lowest BCUT2D eigenvalue weighted by molar-refractivity contribution is -0.175. The Bertz CT molecular complexity index is 1160. The molecule has 12 heteroatoms. The van der Waals surface area contributed by atoms with Gasteiger partial charge in [-0.05, 0) is 39.8 Å². The van der Waals surface area contributed by atoms with Crippen molar-refractivity contribution in [2.45, 2.75) is 84.9 Å². The first kappa shape index (κ1) is 28.2. The highest BCUT2D eigenvalue weighted by Crippen LogP contribution is 2.44. The van der Waals surface area contributed by atoms with Crippen molar-refractivity contribution < 1.29 is 38.1 Å². The number of rotatable bonds is 7. The molecule has 4 atom stereocenters. The van der Waals surface area contributed by atoms with Crippen molar-refractivity contribution in [1.82, 2.24) is 14.6 Å². The van der Waals surface area contributed by atoms with Gasteiger partial charge in [-0.25, -0.2) is 14.3 Å². The average Bonchev–Trinajstić information content (AvgIpc) is 3.33. The summed E-state index contributed by atoms with van der Waals surface area (Å²) in [6.45, 7) is 13.2. The molecule has 0 spiro atoms. The zero-order valence-electron chi connectivity index (χ0n) is 22.5. The summed E-state index contributed by atoms with van der Waals surface area (Å²) in [7, 11) is 0. The summed E-state index contributed by atoms with van der Waals surface area (Å²) in [5.41, 5.74) is 4.86. The summed E-state index contributed by atoms with van der Waals surface area (Å²) in [5, 5.41) is 4.29. The van der Waals surface area contributed by atoms with Crippen LogP contribution in [0, 0.1) is 11.8 Å². The molecule has 0 aromatic carbocycles. The smallest absolute Gasteiger partial charge is 0.455 e. The van der Waals surface area contributed by atoms with Gasteiger partial charge in [0.1, 0.15) is 35.8 Å². The number of aromatic nitrogens is 3. The van der Waals surface area contributed by atoms with Crippen LogP contribution in [-0.2, 0) is 38.9 Å². The fourth-order valence-corrected chi connectivity index (χ4v) is 3.90. The molecule has 2 N–H and O–H groups in total. The van der Waals surface area contributed by atoms with E-state index in [1.54, 1.807) is 67.5 Å². The first-order valence-corrected chi connectivity index (χ1v) is 12.2. The molecule has 1 aliphatic rings. The van der Waals surface area contributed by atoms with Crippen LogP contribution >= 0.6 is 0 Å². The minimum absolute atomic E-state index is 0.242. The van der Waals surface area contributed by atoms with E-state index in [1.807, 2.05) is 0 Å². The average molecular weight is 521 g/mol. The Morgan fingerprint density at radius 1 is 1.11 bits per heavy atom. The number of hydrogen-bond donors (Lipinski definition) is 1. The molecule has 0 unspecified atom stereocenters. The van der Waals surface area contributed by atoms with Crippen LogP contribution in [0.25, 0.3) is 5.52 Å². The third kappa shape index (κ3) is 6.12. The number of nitrogens with two attached hydrogens (primary N) is 1. The Hall–Kier alpha value is -3.41. The Labute approximate surface area is 215 Å². The van der Waals surface area contributed by atoms with Crippen LogP contribution < -0.4 is 5.73 Å². The van der Waals surface area contributed by atoms with E-state index < -0.39 is 59.4 Å². The number of ether oxygens (including phenoxy) is 5. The maximum Gasteiger partial charge on any atom is 0.508 e. The van der Waals surface area contributed by atoms with E-state index in [0.717, 1.165) is 0 Å². The first-order valence-electron chi connectivity index (χ1n) is 12.2.